The molecule has 0 radical (unpaired) electrons. The number of rotatable bonds is 14. The molecule has 0 bridgehead atoms. The van der Waals surface area contributed by atoms with Gasteiger partial charge in [0.2, 0.25) is 17.8 Å². The van der Waals surface area contributed by atoms with Gasteiger partial charge in [0.1, 0.15) is 11.9 Å². The van der Waals surface area contributed by atoms with E-state index in [1.54, 1.807) is 19.3 Å². The number of carbonyl (C=O) groups excluding carboxylic acids is 2. The van der Waals surface area contributed by atoms with Crippen LogP contribution in [0, 0.1) is 11.8 Å². The van der Waals surface area contributed by atoms with Crippen molar-refractivity contribution in [2.24, 2.45) is 0 Å². The minimum atomic E-state index is -0.506. The van der Waals surface area contributed by atoms with Gasteiger partial charge < -0.3 is 25.3 Å². The molecular weight excluding hydrogens is 490 g/mol. The second kappa shape index (κ2) is 17.0. The molecule has 39 heavy (non-hydrogen) atoms. The molecule has 0 fully saturated rings. The molecule has 1 aliphatic carbocycles. The van der Waals surface area contributed by atoms with Crippen LogP contribution in [0.15, 0.2) is 42.3 Å². The summed E-state index contributed by atoms with van der Waals surface area (Å²) in [5.41, 5.74) is 1.79. The van der Waals surface area contributed by atoms with Crippen molar-refractivity contribution in [3.8, 4) is 11.8 Å². The molecule has 0 saturated carbocycles. The van der Waals surface area contributed by atoms with Gasteiger partial charge in [-0.3, -0.25) is 9.59 Å². The Hall–Kier alpha value is -3.64. The lowest BCUT2D eigenvalue weighted by Gasteiger charge is -2.25. The Bertz CT molecular complexity index is 1110. The molecule has 9 heteroatoms. The quantitative estimate of drug-likeness (QED) is 0.209. The second-order valence-electron chi connectivity index (χ2n) is 9.85. The summed E-state index contributed by atoms with van der Waals surface area (Å²) in [6.07, 6.45) is 16.4. The molecule has 2 rings (SSSR count). The first kappa shape index (κ1) is 31.6. The van der Waals surface area contributed by atoms with Gasteiger partial charge in [-0.2, -0.15) is 4.98 Å². The number of carbonyl (C=O) groups is 2. The highest BCUT2D eigenvalue weighted by Crippen LogP contribution is 2.19. The lowest BCUT2D eigenvalue weighted by atomic mass is 10.1. The van der Waals surface area contributed by atoms with E-state index in [1.807, 2.05) is 33.0 Å². The SMILES string of the molecule is CCCN(C)c1nc(NC2=CCCC=C2)ncc1C#CCCCNC(=O)[C@H](CC)N(C)C(=O)/C=C/CN(C)C.[HH].[HH]. The summed E-state index contributed by atoms with van der Waals surface area (Å²) in [4.78, 5) is 39.9. The van der Waals surface area contributed by atoms with Crippen LogP contribution in [0.3, 0.4) is 0 Å². The number of nitrogens with one attached hydrogen (secondary N) is 2. The van der Waals surface area contributed by atoms with E-state index in [0.29, 0.717) is 38.3 Å². The van der Waals surface area contributed by atoms with Crippen LogP contribution in [0.1, 0.15) is 60.8 Å². The summed E-state index contributed by atoms with van der Waals surface area (Å²) >= 11 is 0. The van der Waals surface area contributed by atoms with Gasteiger partial charge in [0.25, 0.3) is 0 Å². The van der Waals surface area contributed by atoms with Crippen molar-refractivity contribution in [3.05, 3.63) is 47.8 Å². The fourth-order valence-corrected chi connectivity index (χ4v) is 4.02. The predicted octanol–water partition coefficient (Wildman–Crippen LogP) is 4.06. The van der Waals surface area contributed by atoms with Crippen molar-refractivity contribution >= 4 is 23.6 Å². The van der Waals surface area contributed by atoms with Crippen LogP contribution >= 0.6 is 0 Å². The molecule has 2 amide bonds. The number of aromatic nitrogens is 2. The van der Waals surface area contributed by atoms with Gasteiger partial charge in [0.15, 0.2) is 0 Å². The number of likely N-dealkylation sites (N-methyl/N-ethyl adjacent to an activating group) is 2. The summed E-state index contributed by atoms with van der Waals surface area (Å²) in [7, 11) is 7.55. The first-order valence-corrected chi connectivity index (χ1v) is 13.8. The fourth-order valence-electron chi connectivity index (χ4n) is 4.02. The third kappa shape index (κ3) is 10.9. The maximum absolute atomic E-state index is 12.7. The maximum Gasteiger partial charge on any atom is 0.246 e. The smallest absolute Gasteiger partial charge is 0.246 e. The summed E-state index contributed by atoms with van der Waals surface area (Å²) in [6, 6.07) is -0.506. The van der Waals surface area contributed by atoms with Gasteiger partial charge in [-0.15, -0.1) is 0 Å². The molecule has 2 N–H and O–H groups in total. The molecule has 1 aliphatic rings. The molecule has 0 unspecified atom stereocenters. The number of unbranched alkanes of at least 4 members (excludes halogenated alkanes) is 1. The maximum atomic E-state index is 12.7. The summed E-state index contributed by atoms with van der Waals surface area (Å²) in [5, 5.41) is 6.24. The monoisotopic (exact) mass is 539 g/mol. The highest BCUT2D eigenvalue weighted by atomic mass is 16.2. The predicted molar refractivity (Wildman–Crippen MR) is 164 cm³/mol. The molecule has 0 saturated heterocycles. The summed E-state index contributed by atoms with van der Waals surface area (Å²) < 4.78 is 0. The molecular formula is C30H49N7O2. The Balaban J connectivity index is 0.00000800. The van der Waals surface area contributed by atoms with Crippen molar-refractivity contribution in [1.29, 1.82) is 0 Å². The van der Waals surface area contributed by atoms with Gasteiger partial charge in [-0.25, -0.2) is 4.98 Å². The van der Waals surface area contributed by atoms with Crippen molar-refractivity contribution in [3.63, 3.8) is 0 Å². The number of allylic oxidation sites excluding steroid dienone is 3. The number of anilines is 2. The molecule has 0 aromatic carbocycles. The van der Waals surface area contributed by atoms with Crippen molar-refractivity contribution < 1.29 is 12.4 Å². The summed E-state index contributed by atoms with van der Waals surface area (Å²) in [5.74, 6) is 7.45. The topological polar surface area (TPSA) is 93.7 Å². The van der Waals surface area contributed by atoms with Gasteiger partial charge in [0.05, 0.1) is 11.8 Å². The zero-order valence-electron chi connectivity index (χ0n) is 24.5. The Morgan fingerprint density at radius 3 is 2.67 bits per heavy atom. The minimum Gasteiger partial charge on any atom is -0.358 e. The Kier molecular flexibility index (Phi) is 13.8. The van der Waals surface area contributed by atoms with Crippen molar-refractivity contribution in [1.82, 2.24) is 25.1 Å². The minimum absolute atomic E-state index is 0. The van der Waals surface area contributed by atoms with Crippen LogP contribution < -0.4 is 15.5 Å². The third-order valence-corrected chi connectivity index (χ3v) is 6.18. The third-order valence-electron chi connectivity index (χ3n) is 6.18. The first-order valence-electron chi connectivity index (χ1n) is 13.8. The number of hydrogen-bond acceptors (Lipinski definition) is 7. The van der Waals surface area contributed by atoms with Crippen LogP contribution in [-0.2, 0) is 9.59 Å². The zero-order chi connectivity index (χ0) is 28.6. The molecule has 9 nitrogen and oxygen atoms in total. The van der Waals surface area contributed by atoms with Gasteiger partial charge in [-0.05, 0) is 52.3 Å². The largest absolute Gasteiger partial charge is 0.358 e. The van der Waals surface area contributed by atoms with E-state index in [2.05, 4.69) is 57.5 Å². The number of hydrogen-bond donors (Lipinski definition) is 2. The van der Waals surface area contributed by atoms with Crippen molar-refractivity contribution in [2.75, 3.05) is 58.0 Å². The second-order valence-corrected chi connectivity index (χ2v) is 9.85. The van der Waals surface area contributed by atoms with E-state index >= 15 is 0 Å². The average Bonchev–Trinajstić information content (AvgIpc) is 2.92. The molecule has 0 spiro atoms. The Labute approximate surface area is 237 Å². The van der Waals surface area contributed by atoms with E-state index < -0.39 is 6.04 Å². The van der Waals surface area contributed by atoms with Crippen LogP contribution in [0.5, 0.6) is 0 Å². The molecule has 1 aromatic rings. The number of amides is 2. The molecule has 1 atom stereocenters. The molecule has 216 valence electrons. The van der Waals surface area contributed by atoms with Gasteiger partial charge in [0, 0.05) is 54.8 Å². The zero-order valence-corrected chi connectivity index (χ0v) is 24.5. The summed E-state index contributed by atoms with van der Waals surface area (Å²) in [6.45, 7) is 6.06. The van der Waals surface area contributed by atoms with Crippen LogP contribution in [-0.4, -0.2) is 85.4 Å². The Morgan fingerprint density at radius 1 is 1.21 bits per heavy atom. The lowest BCUT2D eigenvalue weighted by molar-refractivity contribution is -0.135. The average molecular weight is 540 g/mol. The fraction of sp³-hybridized carbons (Fsp3) is 0.533. The highest BCUT2D eigenvalue weighted by molar-refractivity contribution is 5.92. The van der Waals surface area contributed by atoms with Crippen LogP contribution in [0.4, 0.5) is 11.8 Å². The van der Waals surface area contributed by atoms with E-state index in [1.165, 1.54) is 11.0 Å². The van der Waals surface area contributed by atoms with E-state index in [4.69, 9.17) is 4.98 Å². The normalized spacial score (nSPS) is 13.5. The lowest BCUT2D eigenvalue weighted by Crippen LogP contribution is -2.47. The van der Waals surface area contributed by atoms with E-state index in [9.17, 15) is 9.59 Å². The standard InChI is InChI=1S/C30H45N7O2.2H2/c1-7-21-36(5)28-24(23-32-30(34-28)33-25-17-12-9-13-18-25)16-11-10-14-20-31-29(39)26(8-2)37(6)27(38)19-15-22-35(3)4;;/h12,15,17-19,23,26H,7-10,13-14,20-22H2,1-6H3,(H,31,39)(H,32,33,34);2*1H/b19-15+;;/t26-;;/m0../s1. The van der Waals surface area contributed by atoms with Crippen molar-refractivity contribution in [2.45, 2.75) is 58.4 Å². The number of nitrogens with zero attached hydrogens (tertiary/aromatic N) is 5. The van der Waals surface area contributed by atoms with Gasteiger partial charge in [-0.1, -0.05) is 43.9 Å². The Morgan fingerprint density at radius 2 is 2.00 bits per heavy atom. The molecule has 0 aliphatic heterocycles. The highest BCUT2D eigenvalue weighted by Gasteiger charge is 2.23. The van der Waals surface area contributed by atoms with E-state index in [-0.39, 0.29) is 14.7 Å². The molecule has 1 aromatic heterocycles. The van der Waals surface area contributed by atoms with E-state index in [0.717, 1.165) is 42.9 Å². The first-order chi connectivity index (χ1) is 18.8. The molecule has 1 heterocycles. The van der Waals surface area contributed by atoms with Crippen LogP contribution in [0.2, 0.25) is 0 Å². The van der Waals surface area contributed by atoms with Gasteiger partial charge >= 0.3 is 0 Å². The van der Waals surface area contributed by atoms with Crippen LogP contribution in [0.25, 0.3) is 0 Å².